The Morgan fingerprint density at radius 3 is 2.62 bits per heavy atom. The van der Waals surface area contributed by atoms with Crippen LogP contribution < -0.4 is 4.74 Å². The molecule has 5 nitrogen and oxygen atoms in total. The van der Waals surface area contributed by atoms with Crippen LogP contribution in [0.25, 0.3) is 11.0 Å². The molecule has 136 valence electrons. The molecule has 0 bridgehead atoms. The first kappa shape index (κ1) is 18.3. The Kier molecular flexibility index (Phi) is 5.83. The van der Waals surface area contributed by atoms with Gasteiger partial charge in [-0.3, -0.25) is 4.79 Å². The molecule has 0 aliphatic heterocycles. The summed E-state index contributed by atoms with van der Waals surface area (Å²) in [7, 11) is 3.47. The van der Waals surface area contributed by atoms with Gasteiger partial charge in [0.25, 0.3) is 0 Å². The lowest BCUT2D eigenvalue weighted by molar-refractivity contribution is -0.127. The molecule has 0 saturated heterocycles. The molecule has 1 N–H and O–H groups in total. The third kappa shape index (κ3) is 4.38. The SMILES string of the molecule is CCc1ccc(CN(C)C(=O)CSc2nc3ccc(OC)cc3[nH]2)cc1. The maximum Gasteiger partial charge on any atom is 0.233 e. The van der Waals surface area contributed by atoms with Crippen molar-refractivity contribution in [2.75, 3.05) is 19.9 Å². The van der Waals surface area contributed by atoms with E-state index < -0.39 is 0 Å². The predicted molar refractivity (Wildman–Crippen MR) is 106 cm³/mol. The number of nitrogens with zero attached hydrogens (tertiary/aromatic N) is 2. The van der Waals surface area contributed by atoms with E-state index in [9.17, 15) is 4.79 Å². The van der Waals surface area contributed by atoms with Crippen LogP contribution in [0.1, 0.15) is 18.1 Å². The van der Waals surface area contributed by atoms with Gasteiger partial charge in [-0.05, 0) is 29.7 Å². The zero-order valence-electron chi connectivity index (χ0n) is 15.3. The van der Waals surface area contributed by atoms with Crippen molar-refractivity contribution in [2.24, 2.45) is 0 Å². The molecule has 3 aromatic rings. The second kappa shape index (κ2) is 8.27. The van der Waals surface area contributed by atoms with Crippen molar-refractivity contribution in [3.8, 4) is 5.75 Å². The predicted octanol–water partition coefficient (Wildman–Crippen LogP) is 3.88. The molecule has 6 heteroatoms. The topological polar surface area (TPSA) is 58.2 Å². The number of fused-ring (bicyclic) bond motifs is 1. The van der Waals surface area contributed by atoms with E-state index >= 15 is 0 Å². The van der Waals surface area contributed by atoms with E-state index in [1.165, 1.54) is 17.3 Å². The highest BCUT2D eigenvalue weighted by molar-refractivity contribution is 7.99. The summed E-state index contributed by atoms with van der Waals surface area (Å²) >= 11 is 1.41. The molecule has 2 aromatic carbocycles. The van der Waals surface area contributed by atoms with Gasteiger partial charge in [0.05, 0.1) is 23.9 Å². The second-order valence-corrected chi connectivity index (χ2v) is 7.10. The molecule has 1 aromatic heterocycles. The number of H-pyrrole nitrogens is 1. The lowest BCUT2D eigenvalue weighted by Gasteiger charge is -2.17. The first-order chi connectivity index (χ1) is 12.6. The van der Waals surface area contributed by atoms with Crippen LogP contribution >= 0.6 is 11.8 Å². The molecule has 1 amide bonds. The number of imidazole rings is 1. The number of nitrogens with one attached hydrogen (secondary N) is 1. The molecule has 0 radical (unpaired) electrons. The van der Waals surface area contributed by atoms with Crippen LogP contribution in [0.15, 0.2) is 47.6 Å². The molecule has 0 unspecified atom stereocenters. The lowest BCUT2D eigenvalue weighted by atomic mass is 10.1. The number of methoxy groups -OCH3 is 1. The largest absolute Gasteiger partial charge is 0.497 e. The number of hydrogen-bond donors (Lipinski definition) is 1. The summed E-state index contributed by atoms with van der Waals surface area (Å²) in [5, 5.41) is 0.738. The quantitative estimate of drug-likeness (QED) is 0.642. The molecule has 3 rings (SSSR count). The van der Waals surface area contributed by atoms with E-state index in [1.807, 2.05) is 25.2 Å². The van der Waals surface area contributed by atoms with Crippen molar-refractivity contribution < 1.29 is 9.53 Å². The van der Waals surface area contributed by atoms with Gasteiger partial charge >= 0.3 is 0 Å². The molecule has 0 saturated carbocycles. The van der Waals surface area contributed by atoms with Crippen molar-refractivity contribution in [2.45, 2.75) is 25.0 Å². The number of aryl methyl sites for hydroxylation is 1. The molecule has 0 aliphatic rings. The van der Waals surface area contributed by atoms with Crippen LogP contribution in [-0.2, 0) is 17.8 Å². The zero-order chi connectivity index (χ0) is 18.5. The summed E-state index contributed by atoms with van der Waals surface area (Å²) in [6, 6.07) is 14.1. The Labute approximate surface area is 157 Å². The van der Waals surface area contributed by atoms with Gasteiger partial charge in [-0.15, -0.1) is 0 Å². The van der Waals surface area contributed by atoms with Crippen molar-refractivity contribution in [1.29, 1.82) is 0 Å². The van der Waals surface area contributed by atoms with Gasteiger partial charge in [0, 0.05) is 19.7 Å². The highest BCUT2D eigenvalue weighted by Gasteiger charge is 2.12. The molecule has 0 fully saturated rings. The molecule has 1 heterocycles. The van der Waals surface area contributed by atoms with Gasteiger partial charge in [-0.2, -0.15) is 0 Å². The maximum atomic E-state index is 12.4. The Bertz CT molecular complexity index is 890. The van der Waals surface area contributed by atoms with E-state index in [1.54, 1.807) is 12.0 Å². The van der Waals surface area contributed by atoms with Crippen molar-refractivity contribution in [1.82, 2.24) is 14.9 Å². The number of thioether (sulfide) groups is 1. The fourth-order valence-corrected chi connectivity index (χ4v) is 3.47. The fourth-order valence-electron chi connectivity index (χ4n) is 2.64. The summed E-state index contributed by atoms with van der Waals surface area (Å²) in [4.78, 5) is 21.9. The van der Waals surface area contributed by atoms with Gasteiger partial charge in [-0.1, -0.05) is 43.0 Å². The number of rotatable bonds is 7. The molecule has 0 spiro atoms. The van der Waals surface area contributed by atoms with E-state index in [0.29, 0.717) is 12.3 Å². The Balaban J connectivity index is 1.57. The number of aromatic nitrogens is 2. The van der Waals surface area contributed by atoms with Crippen LogP contribution in [0, 0.1) is 0 Å². The summed E-state index contributed by atoms with van der Waals surface area (Å²) in [6.07, 6.45) is 1.02. The number of aromatic amines is 1. The first-order valence-corrected chi connectivity index (χ1v) is 9.56. The van der Waals surface area contributed by atoms with E-state index in [4.69, 9.17) is 4.74 Å². The highest BCUT2D eigenvalue weighted by atomic mass is 32.2. The van der Waals surface area contributed by atoms with Gasteiger partial charge in [0.2, 0.25) is 5.91 Å². The smallest absolute Gasteiger partial charge is 0.233 e. The summed E-state index contributed by atoms with van der Waals surface area (Å²) in [5.74, 6) is 1.20. The Morgan fingerprint density at radius 1 is 1.19 bits per heavy atom. The van der Waals surface area contributed by atoms with E-state index in [2.05, 4.69) is 41.2 Å². The van der Waals surface area contributed by atoms with Crippen LogP contribution in [0.4, 0.5) is 0 Å². The lowest BCUT2D eigenvalue weighted by Crippen LogP contribution is -2.27. The summed E-state index contributed by atoms with van der Waals surface area (Å²) < 4.78 is 5.22. The number of hydrogen-bond acceptors (Lipinski definition) is 4. The average molecular weight is 369 g/mol. The normalized spacial score (nSPS) is 10.9. The first-order valence-electron chi connectivity index (χ1n) is 8.57. The number of amides is 1. The Hall–Kier alpha value is -2.47. The van der Waals surface area contributed by atoms with E-state index in [0.717, 1.165) is 33.9 Å². The monoisotopic (exact) mass is 369 g/mol. The molecular formula is C20H23N3O2S. The minimum Gasteiger partial charge on any atom is -0.497 e. The van der Waals surface area contributed by atoms with Gasteiger partial charge < -0.3 is 14.6 Å². The molecular weight excluding hydrogens is 346 g/mol. The van der Waals surface area contributed by atoms with Crippen molar-refractivity contribution >= 4 is 28.7 Å². The average Bonchev–Trinajstić information content (AvgIpc) is 3.08. The number of carbonyl (C=O) groups excluding carboxylic acids is 1. The molecule has 0 atom stereocenters. The molecule has 26 heavy (non-hydrogen) atoms. The summed E-state index contributed by atoms with van der Waals surface area (Å²) in [5.41, 5.74) is 4.22. The van der Waals surface area contributed by atoms with Crippen molar-refractivity contribution in [3.63, 3.8) is 0 Å². The highest BCUT2D eigenvalue weighted by Crippen LogP contribution is 2.23. The number of carbonyl (C=O) groups is 1. The minimum atomic E-state index is 0.0765. The van der Waals surface area contributed by atoms with Gasteiger partial charge in [0.1, 0.15) is 5.75 Å². The van der Waals surface area contributed by atoms with Crippen LogP contribution in [0.2, 0.25) is 0 Å². The number of ether oxygens (including phenoxy) is 1. The fraction of sp³-hybridized carbons (Fsp3) is 0.300. The second-order valence-electron chi connectivity index (χ2n) is 6.13. The molecule has 0 aliphatic carbocycles. The van der Waals surface area contributed by atoms with Crippen LogP contribution in [-0.4, -0.2) is 40.7 Å². The third-order valence-corrected chi connectivity index (χ3v) is 5.13. The van der Waals surface area contributed by atoms with E-state index in [-0.39, 0.29) is 5.91 Å². The minimum absolute atomic E-state index is 0.0765. The Morgan fingerprint density at radius 2 is 1.92 bits per heavy atom. The number of benzene rings is 2. The van der Waals surface area contributed by atoms with Crippen LogP contribution in [0.5, 0.6) is 5.75 Å². The van der Waals surface area contributed by atoms with Crippen molar-refractivity contribution in [3.05, 3.63) is 53.6 Å². The van der Waals surface area contributed by atoms with Gasteiger partial charge in [-0.25, -0.2) is 4.98 Å². The summed E-state index contributed by atoms with van der Waals surface area (Å²) in [6.45, 7) is 2.75. The van der Waals surface area contributed by atoms with Crippen LogP contribution in [0.3, 0.4) is 0 Å². The third-order valence-electron chi connectivity index (χ3n) is 4.28. The zero-order valence-corrected chi connectivity index (χ0v) is 16.1. The van der Waals surface area contributed by atoms with Gasteiger partial charge in [0.15, 0.2) is 5.16 Å². The standard InChI is InChI=1S/C20H23N3O2S/c1-4-14-5-7-15(8-6-14)12-23(2)19(24)13-26-20-21-17-10-9-16(25-3)11-18(17)22-20/h5-11H,4,12-13H2,1-3H3,(H,21,22). The maximum absolute atomic E-state index is 12.4.